The summed E-state index contributed by atoms with van der Waals surface area (Å²) in [5, 5.41) is 4.08. The molecule has 0 spiro atoms. The van der Waals surface area contributed by atoms with Crippen LogP contribution >= 0.6 is 11.6 Å². The number of amidine groups is 1. The van der Waals surface area contributed by atoms with E-state index in [1.54, 1.807) is 7.11 Å². The first-order chi connectivity index (χ1) is 12.6. The highest BCUT2D eigenvalue weighted by Crippen LogP contribution is 2.30. The van der Waals surface area contributed by atoms with E-state index < -0.39 is 0 Å². The number of halogens is 1. The van der Waals surface area contributed by atoms with Gasteiger partial charge in [0.2, 0.25) is 0 Å². The number of methoxy groups -OCH3 is 1. The van der Waals surface area contributed by atoms with E-state index in [0.29, 0.717) is 16.8 Å². The van der Waals surface area contributed by atoms with Gasteiger partial charge < -0.3 is 19.9 Å². The average molecular weight is 371 g/mol. The molecule has 1 fully saturated rings. The van der Waals surface area contributed by atoms with Crippen molar-refractivity contribution in [3.63, 3.8) is 0 Å². The van der Waals surface area contributed by atoms with Crippen LogP contribution in [0.5, 0.6) is 5.75 Å². The summed E-state index contributed by atoms with van der Waals surface area (Å²) >= 11 is 6.26. The van der Waals surface area contributed by atoms with E-state index in [-0.39, 0.29) is 0 Å². The summed E-state index contributed by atoms with van der Waals surface area (Å²) in [7, 11) is 1.62. The zero-order chi connectivity index (χ0) is 18.1. The van der Waals surface area contributed by atoms with Crippen molar-refractivity contribution in [3.05, 3.63) is 58.9 Å². The minimum Gasteiger partial charge on any atom is -0.495 e. The third-order valence-electron chi connectivity index (χ3n) is 4.88. The topological polar surface area (TPSA) is 40.1 Å². The summed E-state index contributed by atoms with van der Waals surface area (Å²) < 4.78 is 5.23. The second-order valence-electron chi connectivity index (χ2n) is 6.75. The maximum absolute atomic E-state index is 6.26. The molecule has 3 aliphatic rings. The molecule has 0 unspecified atom stereocenters. The van der Waals surface area contributed by atoms with Gasteiger partial charge in [-0.2, -0.15) is 0 Å². The van der Waals surface area contributed by atoms with Crippen LogP contribution in [0.3, 0.4) is 0 Å². The predicted octanol–water partition coefficient (Wildman–Crippen LogP) is 3.11. The van der Waals surface area contributed by atoms with Gasteiger partial charge in [0, 0.05) is 44.0 Å². The molecule has 0 aromatic heterocycles. The molecular weight excluding hydrogens is 348 g/mol. The van der Waals surface area contributed by atoms with Crippen molar-refractivity contribution in [2.24, 2.45) is 4.99 Å². The van der Waals surface area contributed by atoms with Crippen LogP contribution in [0.2, 0.25) is 5.02 Å². The predicted molar refractivity (Wildman–Crippen MR) is 106 cm³/mol. The smallest absolute Gasteiger partial charge is 0.137 e. The zero-order valence-corrected chi connectivity index (χ0v) is 15.8. The monoisotopic (exact) mass is 370 g/mol. The van der Waals surface area contributed by atoms with Crippen LogP contribution in [0.1, 0.15) is 12.5 Å². The van der Waals surface area contributed by atoms with Crippen LogP contribution in [-0.4, -0.2) is 55.0 Å². The third kappa shape index (κ3) is 3.37. The van der Waals surface area contributed by atoms with E-state index in [4.69, 9.17) is 21.3 Å². The Kier molecular flexibility index (Phi) is 4.74. The van der Waals surface area contributed by atoms with Gasteiger partial charge >= 0.3 is 0 Å². The van der Waals surface area contributed by atoms with Crippen LogP contribution in [0.25, 0.3) is 5.70 Å². The van der Waals surface area contributed by atoms with Gasteiger partial charge in [0.15, 0.2) is 0 Å². The summed E-state index contributed by atoms with van der Waals surface area (Å²) in [6.07, 6.45) is 8.60. The summed E-state index contributed by atoms with van der Waals surface area (Å²) in [5.41, 5.74) is 3.20. The van der Waals surface area contributed by atoms with E-state index >= 15 is 0 Å². The minimum atomic E-state index is 0.515. The molecule has 26 heavy (non-hydrogen) atoms. The molecule has 1 aromatic carbocycles. The fraction of sp³-hybridized carbons (Fsp3) is 0.350. The Morgan fingerprint density at radius 1 is 1.31 bits per heavy atom. The number of hydrogen-bond acceptors (Lipinski definition) is 5. The largest absolute Gasteiger partial charge is 0.495 e. The van der Waals surface area contributed by atoms with Crippen molar-refractivity contribution in [2.75, 3.05) is 33.3 Å². The molecule has 6 heteroatoms. The highest BCUT2D eigenvalue weighted by molar-refractivity contribution is 6.32. The zero-order valence-electron chi connectivity index (χ0n) is 15.1. The van der Waals surface area contributed by atoms with E-state index in [0.717, 1.165) is 43.3 Å². The summed E-state index contributed by atoms with van der Waals surface area (Å²) in [5.74, 6) is 1.64. The molecule has 0 saturated carbocycles. The van der Waals surface area contributed by atoms with E-state index in [9.17, 15) is 0 Å². The molecule has 136 valence electrons. The number of aliphatic imine (C=N–C) groups is 1. The number of piperazine rings is 1. The normalized spacial score (nSPS) is 22.4. The van der Waals surface area contributed by atoms with E-state index in [1.807, 2.05) is 18.2 Å². The van der Waals surface area contributed by atoms with Crippen LogP contribution in [0, 0.1) is 0 Å². The Hall–Kier alpha value is -2.24. The van der Waals surface area contributed by atoms with E-state index in [1.165, 1.54) is 5.70 Å². The van der Waals surface area contributed by atoms with Gasteiger partial charge in [-0.15, -0.1) is 0 Å². The lowest BCUT2D eigenvalue weighted by molar-refractivity contribution is 0.258. The van der Waals surface area contributed by atoms with Gasteiger partial charge in [-0.3, -0.25) is 0 Å². The first-order valence-corrected chi connectivity index (χ1v) is 9.29. The Balaban J connectivity index is 1.52. The SMILES string of the molecule is COc1ccc(C2=CCN3C=C(N4CCN[C@@H](C)C4)C=CC3=N2)cc1Cl. The van der Waals surface area contributed by atoms with Gasteiger partial charge in [0.25, 0.3) is 0 Å². The molecule has 0 amide bonds. The number of nitrogens with one attached hydrogen (secondary N) is 1. The van der Waals surface area contributed by atoms with Crippen LogP contribution < -0.4 is 10.1 Å². The fourth-order valence-corrected chi connectivity index (χ4v) is 3.75. The summed E-state index contributed by atoms with van der Waals surface area (Å²) in [6, 6.07) is 6.29. The quantitative estimate of drug-likeness (QED) is 0.887. The van der Waals surface area contributed by atoms with Crippen molar-refractivity contribution in [2.45, 2.75) is 13.0 Å². The lowest BCUT2D eigenvalue weighted by Gasteiger charge is -2.37. The summed E-state index contributed by atoms with van der Waals surface area (Å²) in [4.78, 5) is 9.43. The average Bonchev–Trinajstić information content (AvgIpc) is 2.67. The molecule has 1 N–H and O–H groups in total. The molecule has 4 rings (SSSR count). The molecule has 1 saturated heterocycles. The van der Waals surface area contributed by atoms with Gasteiger partial charge in [-0.25, -0.2) is 4.99 Å². The van der Waals surface area contributed by atoms with Gasteiger partial charge in [-0.1, -0.05) is 11.6 Å². The maximum Gasteiger partial charge on any atom is 0.137 e. The number of allylic oxidation sites excluding steroid dienone is 1. The Labute approximate surface area is 159 Å². The second kappa shape index (κ2) is 7.17. The van der Waals surface area contributed by atoms with Crippen LogP contribution in [0.4, 0.5) is 0 Å². The van der Waals surface area contributed by atoms with E-state index in [2.05, 4.69) is 46.5 Å². The van der Waals surface area contributed by atoms with Gasteiger partial charge in [-0.05, 0) is 43.4 Å². The van der Waals surface area contributed by atoms with Crippen molar-refractivity contribution >= 4 is 23.1 Å². The first kappa shape index (κ1) is 17.2. The molecule has 0 radical (unpaired) electrons. The molecule has 0 bridgehead atoms. The van der Waals surface area contributed by atoms with Gasteiger partial charge in [0.1, 0.15) is 11.6 Å². The first-order valence-electron chi connectivity index (χ1n) is 8.91. The van der Waals surface area contributed by atoms with Crippen molar-refractivity contribution in [1.29, 1.82) is 0 Å². The maximum atomic E-state index is 6.26. The Bertz CT molecular complexity index is 827. The highest BCUT2D eigenvalue weighted by Gasteiger charge is 2.22. The van der Waals surface area contributed by atoms with Crippen LogP contribution in [-0.2, 0) is 0 Å². The summed E-state index contributed by atoms with van der Waals surface area (Å²) in [6.45, 7) is 6.11. The highest BCUT2D eigenvalue weighted by atomic mass is 35.5. The number of nitrogens with zero attached hydrogens (tertiary/aromatic N) is 3. The number of benzene rings is 1. The molecular formula is C20H23ClN4O. The van der Waals surface area contributed by atoms with Crippen molar-refractivity contribution in [3.8, 4) is 5.75 Å². The lowest BCUT2D eigenvalue weighted by atomic mass is 10.1. The lowest BCUT2D eigenvalue weighted by Crippen LogP contribution is -2.49. The molecule has 1 aromatic rings. The number of rotatable bonds is 3. The number of hydrogen-bond donors (Lipinski definition) is 1. The molecule has 1 atom stereocenters. The second-order valence-corrected chi connectivity index (χ2v) is 7.16. The molecule has 5 nitrogen and oxygen atoms in total. The van der Waals surface area contributed by atoms with Gasteiger partial charge in [0.05, 0.1) is 23.5 Å². The van der Waals surface area contributed by atoms with Crippen LogP contribution in [0.15, 0.2) is 53.3 Å². The molecule has 3 heterocycles. The minimum absolute atomic E-state index is 0.515. The molecule has 3 aliphatic heterocycles. The third-order valence-corrected chi connectivity index (χ3v) is 5.18. The number of ether oxygens (including phenoxy) is 1. The Morgan fingerprint density at radius 3 is 2.96 bits per heavy atom. The van der Waals surface area contributed by atoms with Crippen molar-refractivity contribution in [1.82, 2.24) is 15.1 Å². The Morgan fingerprint density at radius 2 is 2.19 bits per heavy atom. The molecule has 0 aliphatic carbocycles. The van der Waals surface area contributed by atoms with Crippen molar-refractivity contribution < 1.29 is 4.74 Å². The fourth-order valence-electron chi connectivity index (χ4n) is 3.49. The number of fused-ring (bicyclic) bond motifs is 1. The standard InChI is InChI=1S/C20H23ClN4O/c1-14-12-24(10-8-22-14)16-4-6-20-23-18(7-9-25(20)13-16)15-3-5-19(26-2)17(21)11-15/h3-7,11,13-14,22H,8-10,12H2,1-2H3/t14-/m0/s1.